The normalized spacial score (nSPS) is 10.5. The first kappa shape index (κ1) is 13.5. The highest BCUT2D eigenvalue weighted by Gasteiger charge is 2.18. The van der Waals surface area contributed by atoms with E-state index in [2.05, 4.69) is 91.5 Å². The molecule has 2 heteroatoms. The number of rotatable bonds is 5. The van der Waals surface area contributed by atoms with Crippen LogP contribution in [-0.2, 0) is 0 Å². The predicted molar refractivity (Wildman–Crippen MR) is 83.8 cm³/mol. The topological polar surface area (TPSA) is 6.48 Å². The Kier molecular flexibility index (Phi) is 4.45. The first-order chi connectivity index (χ1) is 9.24. The third-order valence-corrected chi connectivity index (χ3v) is 3.59. The van der Waals surface area contributed by atoms with Gasteiger partial charge in [-0.2, -0.15) is 0 Å². The molecule has 0 unspecified atom stereocenters. The summed E-state index contributed by atoms with van der Waals surface area (Å²) in [7, 11) is 4.31. The quantitative estimate of drug-likeness (QED) is 0.744. The maximum absolute atomic E-state index is 2.33. The lowest BCUT2D eigenvalue weighted by molar-refractivity contribution is 0.598. The SMILES string of the molecule is CCC(N(C)c1ccccc1)N(C)c1ccccc1. The molecule has 2 nitrogen and oxygen atoms in total. The number of hydrogen-bond donors (Lipinski definition) is 0. The summed E-state index contributed by atoms with van der Waals surface area (Å²) in [4.78, 5) is 4.65. The summed E-state index contributed by atoms with van der Waals surface area (Å²) < 4.78 is 0. The maximum Gasteiger partial charge on any atom is 0.101 e. The Hall–Kier alpha value is -1.96. The van der Waals surface area contributed by atoms with E-state index in [4.69, 9.17) is 0 Å². The van der Waals surface area contributed by atoms with E-state index >= 15 is 0 Å². The Morgan fingerprint density at radius 3 is 1.42 bits per heavy atom. The first-order valence-electron chi connectivity index (χ1n) is 6.79. The Labute approximate surface area is 116 Å². The van der Waals surface area contributed by atoms with Crippen LogP contribution in [0.3, 0.4) is 0 Å². The average Bonchev–Trinajstić information content (AvgIpc) is 2.49. The molecule has 2 aromatic rings. The van der Waals surface area contributed by atoms with Gasteiger partial charge in [-0.05, 0) is 30.7 Å². The van der Waals surface area contributed by atoms with Crippen LogP contribution in [0.2, 0.25) is 0 Å². The number of para-hydroxylation sites is 2. The van der Waals surface area contributed by atoms with Crippen LogP contribution >= 0.6 is 0 Å². The molecule has 100 valence electrons. The van der Waals surface area contributed by atoms with Gasteiger partial charge in [-0.15, -0.1) is 0 Å². The van der Waals surface area contributed by atoms with Gasteiger partial charge in [0.2, 0.25) is 0 Å². The molecule has 0 saturated heterocycles. The van der Waals surface area contributed by atoms with Crippen LogP contribution < -0.4 is 9.80 Å². The minimum Gasteiger partial charge on any atom is -0.354 e. The van der Waals surface area contributed by atoms with Gasteiger partial charge in [-0.3, -0.25) is 0 Å². The number of nitrogens with zero attached hydrogens (tertiary/aromatic N) is 2. The van der Waals surface area contributed by atoms with Crippen LogP contribution in [0.25, 0.3) is 0 Å². The molecule has 0 radical (unpaired) electrons. The minimum atomic E-state index is 0.352. The molecule has 0 aliphatic rings. The second-order valence-electron chi connectivity index (χ2n) is 4.78. The van der Waals surface area contributed by atoms with Crippen molar-refractivity contribution in [2.45, 2.75) is 19.5 Å². The van der Waals surface area contributed by atoms with E-state index < -0.39 is 0 Å². The van der Waals surface area contributed by atoms with Crippen LogP contribution in [0.5, 0.6) is 0 Å². The van der Waals surface area contributed by atoms with Crippen LogP contribution in [0.4, 0.5) is 11.4 Å². The molecular formula is C17H22N2. The Morgan fingerprint density at radius 1 is 0.737 bits per heavy atom. The summed E-state index contributed by atoms with van der Waals surface area (Å²) >= 11 is 0. The second-order valence-corrected chi connectivity index (χ2v) is 4.78. The largest absolute Gasteiger partial charge is 0.354 e. The van der Waals surface area contributed by atoms with Gasteiger partial charge in [0.1, 0.15) is 6.17 Å². The van der Waals surface area contributed by atoms with Crippen molar-refractivity contribution in [2.75, 3.05) is 23.9 Å². The lowest BCUT2D eigenvalue weighted by Crippen LogP contribution is -2.44. The molecule has 0 bridgehead atoms. The van der Waals surface area contributed by atoms with E-state index in [0.717, 1.165) is 6.42 Å². The fourth-order valence-corrected chi connectivity index (χ4v) is 2.48. The summed E-state index contributed by atoms with van der Waals surface area (Å²) in [5.41, 5.74) is 2.49. The summed E-state index contributed by atoms with van der Waals surface area (Å²) in [6.45, 7) is 2.23. The van der Waals surface area contributed by atoms with Crippen molar-refractivity contribution in [3.8, 4) is 0 Å². The molecule has 0 heterocycles. The van der Waals surface area contributed by atoms with Crippen molar-refractivity contribution < 1.29 is 0 Å². The van der Waals surface area contributed by atoms with Gasteiger partial charge in [0.05, 0.1) is 0 Å². The molecule has 0 spiro atoms. The van der Waals surface area contributed by atoms with E-state index in [9.17, 15) is 0 Å². The second kappa shape index (κ2) is 6.28. The lowest BCUT2D eigenvalue weighted by Gasteiger charge is -2.37. The van der Waals surface area contributed by atoms with Gasteiger partial charge in [-0.1, -0.05) is 43.3 Å². The van der Waals surface area contributed by atoms with Crippen molar-refractivity contribution in [1.29, 1.82) is 0 Å². The number of benzene rings is 2. The van der Waals surface area contributed by atoms with Crippen molar-refractivity contribution in [3.63, 3.8) is 0 Å². The van der Waals surface area contributed by atoms with Crippen molar-refractivity contribution in [2.24, 2.45) is 0 Å². The van der Waals surface area contributed by atoms with E-state index in [1.807, 2.05) is 0 Å². The average molecular weight is 254 g/mol. The standard InChI is InChI=1S/C17H22N2/c1-4-17(18(2)15-11-7-5-8-12-15)19(3)16-13-9-6-10-14-16/h5-14,17H,4H2,1-3H3. The number of hydrogen-bond acceptors (Lipinski definition) is 2. The van der Waals surface area contributed by atoms with Gasteiger partial charge in [0, 0.05) is 25.5 Å². The monoisotopic (exact) mass is 254 g/mol. The zero-order chi connectivity index (χ0) is 13.7. The molecule has 0 aromatic heterocycles. The van der Waals surface area contributed by atoms with Crippen LogP contribution in [0.15, 0.2) is 60.7 Å². The van der Waals surface area contributed by atoms with E-state index in [1.54, 1.807) is 0 Å². The molecule has 0 fully saturated rings. The molecule has 0 aliphatic carbocycles. The highest BCUT2D eigenvalue weighted by molar-refractivity contribution is 5.52. The molecular weight excluding hydrogens is 232 g/mol. The molecule has 19 heavy (non-hydrogen) atoms. The van der Waals surface area contributed by atoms with E-state index in [-0.39, 0.29) is 0 Å². The molecule has 0 N–H and O–H groups in total. The van der Waals surface area contributed by atoms with Gasteiger partial charge in [0.15, 0.2) is 0 Å². The molecule has 0 saturated carbocycles. The smallest absolute Gasteiger partial charge is 0.101 e. The van der Waals surface area contributed by atoms with Crippen molar-refractivity contribution >= 4 is 11.4 Å². The number of anilines is 2. The minimum absolute atomic E-state index is 0.352. The lowest BCUT2D eigenvalue weighted by atomic mass is 10.2. The summed E-state index contributed by atoms with van der Waals surface area (Å²) in [5, 5.41) is 0. The Bertz CT molecular complexity index is 436. The Balaban J connectivity index is 2.20. The predicted octanol–water partition coefficient (Wildman–Crippen LogP) is 4.00. The molecule has 0 amide bonds. The van der Waals surface area contributed by atoms with E-state index in [1.165, 1.54) is 11.4 Å². The summed E-state index contributed by atoms with van der Waals surface area (Å²) in [6.07, 6.45) is 1.42. The Morgan fingerprint density at radius 2 is 1.11 bits per heavy atom. The van der Waals surface area contributed by atoms with Gasteiger partial charge >= 0.3 is 0 Å². The van der Waals surface area contributed by atoms with Crippen LogP contribution in [-0.4, -0.2) is 20.3 Å². The summed E-state index contributed by atoms with van der Waals surface area (Å²) in [5.74, 6) is 0. The first-order valence-corrected chi connectivity index (χ1v) is 6.79. The molecule has 0 aliphatic heterocycles. The molecule has 2 aromatic carbocycles. The fourth-order valence-electron chi connectivity index (χ4n) is 2.48. The maximum atomic E-state index is 2.33. The highest BCUT2D eigenvalue weighted by Crippen LogP contribution is 2.22. The zero-order valence-electron chi connectivity index (χ0n) is 12.0. The summed E-state index contributed by atoms with van der Waals surface area (Å²) in [6, 6.07) is 21.1. The van der Waals surface area contributed by atoms with Crippen molar-refractivity contribution in [1.82, 2.24) is 0 Å². The van der Waals surface area contributed by atoms with Gasteiger partial charge in [0.25, 0.3) is 0 Å². The third-order valence-electron chi connectivity index (χ3n) is 3.59. The van der Waals surface area contributed by atoms with Gasteiger partial charge in [-0.25, -0.2) is 0 Å². The van der Waals surface area contributed by atoms with Crippen LogP contribution in [0, 0.1) is 0 Å². The van der Waals surface area contributed by atoms with Gasteiger partial charge < -0.3 is 9.80 Å². The van der Waals surface area contributed by atoms with Crippen molar-refractivity contribution in [3.05, 3.63) is 60.7 Å². The molecule has 2 rings (SSSR count). The fraction of sp³-hybridized carbons (Fsp3) is 0.294. The third kappa shape index (κ3) is 3.08. The molecule has 0 atom stereocenters. The highest BCUT2D eigenvalue weighted by atomic mass is 15.3. The zero-order valence-corrected chi connectivity index (χ0v) is 12.0. The van der Waals surface area contributed by atoms with Crippen LogP contribution in [0.1, 0.15) is 13.3 Å². The van der Waals surface area contributed by atoms with E-state index in [0.29, 0.717) is 6.17 Å².